The molecule has 3 aromatic rings. The molecule has 0 saturated carbocycles. The number of sulfonamides is 1. The van der Waals surface area contributed by atoms with Gasteiger partial charge in [0.15, 0.2) is 5.03 Å². The van der Waals surface area contributed by atoms with Crippen molar-refractivity contribution in [2.45, 2.75) is 18.4 Å². The molecule has 1 amide bonds. The van der Waals surface area contributed by atoms with E-state index in [1.54, 1.807) is 54.6 Å². The first-order valence-corrected chi connectivity index (χ1v) is 8.96. The Labute approximate surface area is 144 Å². The van der Waals surface area contributed by atoms with Crippen molar-refractivity contribution < 1.29 is 13.2 Å². The molecule has 128 valence electrons. The average molecular weight is 357 g/mol. The van der Waals surface area contributed by atoms with E-state index in [9.17, 15) is 13.2 Å². The highest BCUT2D eigenvalue weighted by Gasteiger charge is 2.19. The minimum Gasteiger partial charge on any atom is -0.274 e. The van der Waals surface area contributed by atoms with Crippen molar-refractivity contribution in [2.24, 2.45) is 0 Å². The predicted octanol–water partition coefficient (Wildman–Crippen LogP) is 1.54. The number of hydrogen-bond donors (Lipinski definition) is 1. The SMILES string of the molecule is CCC(=O)NS(=O)(=O)c1cccc(-c2cnn(-c3cccnc3)c2)n1. The molecule has 0 unspecified atom stereocenters. The summed E-state index contributed by atoms with van der Waals surface area (Å²) in [5.74, 6) is -0.586. The molecule has 0 saturated heterocycles. The van der Waals surface area contributed by atoms with Gasteiger partial charge < -0.3 is 0 Å². The molecule has 3 aromatic heterocycles. The number of amides is 1. The van der Waals surface area contributed by atoms with Gasteiger partial charge in [-0.25, -0.2) is 14.4 Å². The Morgan fingerprint density at radius 1 is 1.20 bits per heavy atom. The normalized spacial score (nSPS) is 11.2. The average Bonchev–Trinajstić information content (AvgIpc) is 3.12. The number of rotatable bonds is 5. The Bertz CT molecular complexity index is 999. The molecule has 0 aliphatic rings. The fraction of sp³-hybridized carbons (Fsp3) is 0.125. The topological polar surface area (TPSA) is 107 Å². The number of carbonyl (C=O) groups is 1. The second-order valence-electron chi connectivity index (χ2n) is 5.13. The zero-order chi connectivity index (χ0) is 17.9. The third-order valence-corrected chi connectivity index (χ3v) is 4.63. The monoisotopic (exact) mass is 357 g/mol. The molecule has 0 fully saturated rings. The molecule has 8 nitrogen and oxygen atoms in total. The molecule has 0 aromatic carbocycles. The van der Waals surface area contributed by atoms with Crippen LogP contribution < -0.4 is 4.72 Å². The molecular formula is C16H15N5O3S. The molecule has 0 aliphatic carbocycles. The number of carbonyl (C=O) groups excluding carboxylic acids is 1. The van der Waals surface area contributed by atoms with Crippen molar-refractivity contribution in [3.8, 4) is 16.9 Å². The van der Waals surface area contributed by atoms with E-state index in [0.29, 0.717) is 11.3 Å². The lowest BCUT2D eigenvalue weighted by atomic mass is 10.2. The highest BCUT2D eigenvalue weighted by atomic mass is 32.2. The summed E-state index contributed by atoms with van der Waals surface area (Å²) < 4.78 is 28.0. The van der Waals surface area contributed by atoms with Crippen molar-refractivity contribution in [3.63, 3.8) is 0 Å². The molecule has 25 heavy (non-hydrogen) atoms. The minimum absolute atomic E-state index is 0.0663. The van der Waals surface area contributed by atoms with Crippen molar-refractivity contribution in [3.05, 3.63) is 55.1 Å². The van der Waals surface area contributed by atoms with E-state index in [1.165, 1.54) is 6.07 Å². The maximum atomic E-state index is 12.2. The quantitative estimate of drug-likeness (QED) is 0.742. The molecule has 0 bridgehead atoms. The van der Waals surface area contributed by atoms with Crippen LogP contribution in [0.5, 0.6) is 0 Å². The van der Waals surface area contributed by atoms with Crippen LogP contribution in [0, 0.1) is 0 Å². The lowest BCUT2D eigenvalue weighted by molar-refractivity contribution is -0.119. The molecule has 0 atom stereocenters. The summed E-state index contributed by atoms with van der Waals surface area (Å²) in [5.41, 5.74) is 1.84. The molecule has 0 radical (unpaired) electrons. The molecule has 9 heteroatoms. The second kappa shape index (κ2) is 6.81. The van der Waals surface area contributed by atoms with E-state index >= 15 is 0 Å². The third kappa shape index (κ3) is 3.72. The van der Waals surface area contributed by atoms with Gasteiger partial charge in [-0.15, -0.1) is 0 Å². The predicted molar refractivity (Wildman–Crippen MR) is 90.2 cm³/mol. The Balaban J connectivity index is 1.92. The first-order valence-electron chi connectivity index (χ1n) is 7.48. The van der Waals surface area contributed by atoms with Gasteiger partial charge in [0.1, 0.15) is 0 Å². The highest BCUT2D eigenvalue weighted by Crippen LogP contribution is 2.19. The van der Waals surface area contributed by atoms with E-state index in [1.807, 2.05) is 10.8 Å². The van der Waals surface area contributed by atoms with Crippen molar-refractivity contribution in [2.75, 3.05) is 0 Å². The van der Waals surface area contributed by atoms with Crippen LogP contribution in [0.1, 0.15) is 13.3 Å². The van der Waals surface area contributed by atoms with Gasteiger partial charge in [-0.2, -0.15) is 13.5 Å². The van der Waals surface area contributed by atoms with Crippen LogP contribution in [0.15, 0.2) is 60.1 Å². The van der Waals surface area contributed by atoms with E-state index in [-0.39, 0.29) is 11.4 Å². The summed E-state index contributed by atoms with van der Waals surface area (Å²) in [4.78, 5) is 19.5. The molecule has 0 aliphatic heterocycles. The van der Waals surface area contributed by atoms with Gasteiger partial charge in [-0.05, 0) is 24.3 Å². The Morgan fingerprint density at radius 3 is 2.76 bits per heavy atom. The number of pyridine rings is 2. The molecule has 0 spiro atoms. The summed E-state index contributed by atoms with van der Waals surface area (Å²) in [6.45, 7) is 1.57. The molecule has 3 rings (SSSR count). The maximum absolute atomic E-state index is 12.2. The molecule has 1 N–H and O–H groups in total. The smallest absolute Gasteiger partial charge is 0.274 e. The van der Waals surface area contributed by atoms with Crippen LogP contribution in [-0.4, -0.2) is 34.1 Å². The van der Waals surface area contributed by atoms with E-state index < -0.39 is 15.9 Å². The van der Waals surface area contributed by atoms with Crippen LogP contribution in [-0.2, 0) is 14.8 Å². The fourth-order valence-electron chi connectivity index (χ4n) is 2.09. The Hall–Kier alpha value is -3.07. The lowest BCUT2D eigenvalue weighted by Gasteiger charge is -2.06. The first-order chi connectivity index (χ1) is 12.0. The number of nitrogens with zero attached hydrogens (tertiary/aromatic N) is 4. The summed E-state index contributed by atoms with van der Waals surface area (Å²) in [5, 5.41) is 4.01. The second-order valence-corrected chi connectivity index (χ2v) is 6.76. The van der Waals surface area contributed by atoms with Crippen molar-refractivity contribution in [1.82, 2.24) is 24.5 Å². The zero-order valence-electron chi connectivity index (χ0n) is 13.3. The summed E-state index contributed by atoms with van der Waals surface area (Å²) in [7, 11) is -4.00. The summed E-state index contributed by atoms with van der Waals surface area (Å²) in [6.07, 6.45) is 6.69. The minimum atomic E-state index is -4.00. The largest absolute Gasteiger partial charge is 0.281 e. The van der Waals surface area contributed by atoms with Gasteiger partial charge >= 0.3 is 0 Å². The number of nitrogens with one attached hydrogen (secondary N) is 1. The van der Waals surface area contributed by atoms with Crippen LogP contribution in [0.4, 0.5) is 0 Å². The zero-order valence-corrected chi connectivity index (χ0v) is 14.1. The van der Waals surface area contributed by atoms with Gasteiger partial charge in [0.25, 0.3) is 10.0 Å². The number of hydrogen-bond acceptors (Lipinski definition) is 6. The van der Waals surface area contributed by atoms with Crippen molar-refractivity contribution >= 4 is 15.9 Å². The summed E-state index contributed by atoms with van der Waals surface area (Å²) in [6, 6.07) is 8.21. The first kappa shape index (κ1) is 16.8. The Morgan fingerprint density at radius 2 is 2.04 bits per heavy atom. The maximum Gasteiger partial charge on any atom is 0.281 e. The highest BCUT2D eigenvalue weighted by molar-refractivity contribution is 7.90. The van der Waals surface area contributed by atoms with Gasteiger partial charge in [0.2, 0.25) is 5.91 Å². The fourth-order valence-corrected chi connectivity index (χ4v) is 3.11. The van der Waals surface area contributed by atoms with Crippen LogP contribution in [0.3, 0.4) is 0 Å². The standard InChI is InChI=1S/C16H15N5O3S/c1-2-15(22)20-25(23,24)16-7-3-6-14(19-16)12-9-18-21(11-12)13-5-4-8-17-10-13/h3-11H,2H2,1H3,(H,20,22). The van der Waals surface area contributed by atoms with Gasteiger partial charge in [0.05, 0.1) is 23.8 Å². The van der Waals surface area contributed by atoms with E-state index in [0.717, 1.165) is 5.69 Å². The van der Waals surface area contributed by atoms with Gasteiger partial charge in [-0.1, -0.05) is 13.0 Å². The lowest BCUT2D eigenvalue weighted by Crippen LogP contribution is -2.30. The van der Waals surface area contributed by atoms with Gasteiger partial charge in [0, 0.05) is 24.4 Å². The Kier molecular flexibility index (Phi) is 4.57. The van der Waals surface area contributed by atoms with E-state index in [4.69, 9.17) is 0 Å². The van der Waals surface area contributed by atoms with Crippen LogP contribution in [0.25, 0.3) is 16.9 Å². The van der Waals surface area contributed by atoms with Crippen LogP contribution >= 0.6 is 0 Å². The van der Waals surface area contributed by atoms with Crippen LogP contribution in [0.2, 0.25) is 0 Å². The molecule has 3 heterocycles. The van der Waals surface area contributed by atoms with Gasteiger partial charge in [-0.3, -0.25) is 9.78 Å². The summed E-state index contributed by atoms with van der Waals surface area (Å²) >= 11 is 0. The van der Waals surface area contributed by atoms with E-state index in [2.05, 4.69) is 15.1 Å². The number of aromatic nitrogens is 4. The molecular weight excluding hydrogens is 342 g/mol. The van der Waals surface area contributed by atoms with Crippen molar-refractivity contribution in [1.29, 1.82) is 0 Å². The third-order valence-electron chi connectivity index (χ3n) is 3.36.